The van der Waals surface area contributed by atoms with Gasteiger partial charge in [-0.2, -0.15) is 5.10 Å². The van der Waals surface area contributed by atoms with Crippen LogP contribution in [0, 0.1) is 11.8 Å². The Balaban J connectivity index is 2.72. The molecular formula is C8H10N2O. The van der Waals surface area contributed by atoms with Gasteiger partial charge in [-0.25, -0.2) is 0 Å². The maximum atomic E-state index is 8.39. The van der Waals surface area contributed by atoms with Crippen LogP contribution in [0.1, 0.15) is 12.5 Å². The van der Waals surface area contributed by atoms with Crippen molar-refractivity contribution in [3.63, 3.8) is 0 Å². The summed E-state index contributed by atoms with van der Waals surface area (Å²) in [6, 6.07) is 0. The van der Waals surface area contributed by atoms with E-state index in [9.17, 15) is 0 Å². The van der Waals surface area contributed by atoms with Crippen LogP contribution in [0.3, 0.4) is 0 Å². The summed E-state index contributed by atoms with van der Waals surface area (Å²) in [5.41, 5.74) is 0.848. The van der Waals surface area contributed by atoms with Gasteiger partial charge in [0.25, 0.3) is 0 Å². The molecular weight excluding hydrogens is 140 g/mol. The lowest BCUT2D eigenvalue weighted by Gasteiger charge is -1.88. The molecule has 58 valence electrons. The second kappa shape index (κ2) is 3.79. The molecule has 0 aromatic carbocycles. The van der Waals surface area contributed by atoms with E-state index in [-0.39, 0.29) is 6.61 Å². The van der Waals surface area contributed by atoms with Crippen LogP contribution in [0.15, 0.2) is 12.4 Å². The van der Waals surface area contributed by atoms with Crippen molar-refractivity contribution >= 4 is 0 Å². The quantitative estimate of drug-likeness (QED) is 0.582. The van der Waals surface area contributed by atoms with Crippen LogP contribution in [0.25, 0.3) is 0 Å². The predicted octanol–water partition coefficient (Wildman–Crippen LogP) is 0.247. The Bertz CT molecular complexity index is 280. The zero-order valence-corrected chi connectivity index (χ0v) is 6.41. The first-order valence-electron chi connectivity index (χ1n) is 3.49. The molecule has 1 N–H and O–H groups in total. The first-order valence-corrected chi connectivity index (χ1v) is 3.49. The molecule has 0 fully saturated rings. The second-order valence-corrected chi connectivity index (χ2v) is 2.04. The smallest absolute Gasteiger partial charge is 0.104 e. The summed E-state index contributed by atoms with van der Waals surface area (Å²) in [5, 5.41) is 12.4. The van der Waals surface area contributed by atoms with Crippen molar-refractivity contribution in [3.05, 3.63) is 18.0 Å². The van der Waals surface area contributed by atoms with E-state index in [0.717, 1.165) is 12.1 Å². The Morgan fingerprint density at radius 3 is 3.09 bits per heavy atom. The van der Waals surface area contributed by atoms with E-state index in [1.54, 1.807) is 10.9 Å². The average molecular weight is 150 g/mol. The Morgan fingerprint density at radius 1 is 1.73 bits per heavy atom. The molecule has 0 amide bonds. The maximum absolute atomic E-state index is 8.39. The minimum absolute atomic E-state index is 0.0999. The third-order valence-corrected chi connectivity index (χ3v) is 1.27. The molecule has 1 heterocycles. The first-order chi connectivity index (χ1) is 5.36. The fourth-order valence-corrected chi connectivity index (χ4v) is 0.743. The van der Waals surface area contributed by atoms with Gasteiger partial charge in [0.2, 0.25) is 0 Å². The number of nitrogens with zero attached hydrogens (tertiary/aromatic N) is 2. The van der Waals surface area contributed by atoms with Crippen LogP contribution in [0.2, 0.25) is 0 Å². The SMILES string of the molecule is CCn1cc(C#CCO)cn1. The molecule has 11 heavy (non-hydrogen) atoms. The predicted molar refractivity (Wildman–Crippen MR) is 41.9 cm³/mol. The molecule has 0 bridgehead atoms. The second-order valence-electron chi connectivity index (χ2n) is 2.04. The third-order valence-electron chi connectivity index (χ3n) is 1.27. The molecule has 0 saturated carbocycles. The molecule has 1 aromatic heterocycles. The lowest BCUT2D eigenvalue weighted by Crippen LogP contribution is -1.91. The molecule has 0 aliphatic carbocycles. The number of aromatic nitrogens is 2. The summed E-state index contributed by atoms with van der Waals surface area (Å²) in [5.74, 6) is 5.32. The van der Waals surface area contributed by atoms with Crippen LogP contribution < -0.4 is 0 Å². The number of hydrogen-bond acceptors (Lipinski definition) is 2. The first kappa shape index (κ1) is 7.83. The van der Waals surface area contributed by atoms with Gasteiger partial charge in [-0.3, -0.25) is 4.68 Å². The van der Waals surface area contributed by atoms with Crippen molar-refractivity contribution in [1.29, 1.82) is 0 Å². The number of aliphatic hydroxyl groups excluding tert-OH is 1. The van der Waals surface area contributed by atoms with Gasteiger partial charge >= 0.3 is 0 Å². The maximum Gasteiger partial charge on any atom is 0.104 e. The molecule has 0 saturated heterocycles. The molecule has 0 aliphatic rings. The number of hydrogen-bond donors (Lipinski definition) is 1. The highest BCUT2D eigenvalue weighted by Gasteiger charge is 1.90. The fourth-order valence-electron chi connectivity index (χ4n) is 0.743. The average Bonchev–Trinajstić information content (AvgIpc) is 2.48. The van der Waals surface area contributed by atoms with Crippen LogP contribution in [0.4, 0.5) is 0 Å². The van der Waals surface area contributed by atoms with E-state index in [4.69, 9.17) is 5.11 Å². The van der Waals surface area contributed by atoms with Crippen LogP contribution >= 0.6 is 0 Å². The van der Waals surface area contributed by atoms with E-state index >= 15 is 0 Å². The van der Waals surface area contributed by atoms with Crippen LogP contribution in [0.5, 0.6) is 0 Å². The van der Waals surface area contributed by atoms with Crippen molar-refractivity contribution in [3.8, 4) is 11.8 Å². The van der Waals surface area contributed by atoms with Gasteiger partial charge < -0.3 is 5.11 Å². The summed E-state index contributed by atoms with van der Waals surface area (Å²) >= 11 is 0. The van der Waals surface area contributed by atoms with Gasteiger partial charge in [-0.1, -0.05) is 11.8 Å². The molecule has 1 aromatic rings. The molecule has 3 heteroatoms. The van der Waals surface area contributed by atoms with Crippen LogP contribution in [-0.4, -0.2) is 21.5 Å². The molecule has 0 atom stereocenters. The minimum atomic E-state index is -0.0999. The van der Waals surface area contributed by atoms with Gasteiger partial charge in [0.05, 0.1) is 11.8 Å². The van der Waals surface area contributed by atoms with E-state index in [1.165, 1.54) is 0 Å². The van der Waals surface area contributed by atoms with E-state index in [2.05, 4.69) is 16.9 Å². The zero-order chi connectivity index (χ0) is 8.10. The largest absolute Gasteiger partial charge is 0.384 e. The van der Waals surface area contributed by atoms with Crippen molar-refractivity contribution in [2.45, 2.75) is 13.5 Å². The monoisotopic (exact) mass is 150 g/mol. The number of aryl methyl sites for hydroxylation is 1. The highest BCUT2D eigenvalue weighted by atomic mass is 16.2. The summed E-state index contributed by atoms with van der Waals surface area (Å²) in [7, 11) is 0. The summed E-state index contributed by atoms with van der Waals surface area (Å²) in [6.45, 7) is 2.76. The topological polar surface area (TPSA) is 38.0 Å². The van der Waals surface area contributed by atoms with Crippen molar-refractivity contribution < 1.29 is 5.11 Å². The molecule has 0 spiro atoms. The highest BCUT2D eigenvalue weighted by Crippen LogP contribution is 1.93. The Morgan fingerprint density at radius 2 is 2.55 bits per heavy atom. The standard InChI is InChI=1S/C8H10N2O/c1-2-10-7-8(6-9-10)4-3-5-11/h6-7,11H,2,5H2,1H3. The Hall–Kier alpha value is -1.27. The van der Waals surface area contributed by atoms with E-state index in [0.29, 0.717) is 0 Å². The minimum Gasteiger partial charge on any atom is -0.384 e. The van der Waals surface area contributed by atoms with Gasteiger partial charge in [0.15, 0.2) is 0 Å². The van der Waals surface area contributed by atoms with Crippen LogP contribution in [-0.2, 0) is 6.54 Å². The van der Waals surface area contributed by atoms with E-state index < -0.39 is 0 Å². The molecule has 0 unspecified atom stereocenters. The third kappa shape index (κ3) is 2.10. The molecule has 3 nitrogen and oxygen atoms in total. The van der Waals surface area contributed by atoms with Gasteiger partial charge in [0.1, 0.15) is 6.61 Å². The summed E-state index contributed by atoms with van der Waals surface area (Å²) in [6.07, 6.45) is 3.54. The Kier molecular flexibility index (Phi) is 2.70. The van der Waals surface area contributed by atoms with Crippen molar-refractivity contribution in [2.24, 2.45) is 0 Å². The van der Waals surface area contributed by atoms with Gasteiger partial charge in [-0.15, -0.1) is 0 Å². The normalized spacial score (nSPS) is 8.91. The summed E-state index contributed by atoms with van der Waals surface area (Å²) in [4.78, 5) is 0. The Labute approximate surface area is 65.7 Å². The highest BCUT2D eigenvalue weighted by molar-refractivity contribution is 5.29. The molecule has 1 rings (SSSR count). The van der Waals surface area contributed by atoms with E-state index in [1.807, 2.05) is 13.1 Å². The number of rotatable bonds is 1. The van der Waals surface area contributed by atoms with Gasteiger partial charge in [0, 0.05) is 12.7 Å². The fraction of sp³-hybridized carbons (Fsp3) is 0.375. The lowest BCUT2D eigenvalue weighted by atomic mass is 10.4. The molecule has 0 aliphatic heterocycles. The van der Waals surface area contributed by atoms with Gasteiger partial charge in [-0.05, 0) is 6.92 Å². The van der Waals surface area contributed by atoms with Crippen molar-refractivity contribution in [2.75, 3.05) is 6.61 Å². The summed E-state index contributed by atoms with van der Waals surface area (Å²) < 4.78 is 1.79. The lowest BCUT2D eigenvalue weighted by molar-refractivity contribution is 0.350. The van der Waals surface area contributed by atoms with Crippen molar-refractivity contribution in [1.82, 2.24) is 9.78 Å². The number of aliphatic hydroxyl groups is 1. The zero-order valence-electron chi connectivity index (χ0n) is 6.41. The molecule has 0 radical (unpaired) electrons.